The molecule has 1 N–H and O–H groups in total. The Kier molecular flexibility index (Phi) is 29.1. The first-order valence-electron chi connectivity index (χ1n) is 30.2. The predicted molar refractivity (Wildman–Crippen MR) is 308 cm³/mol. The van der Waals surface area contributed by atoms with Crippen LogP contribution in [0.3, 0.4) is 0 Å². The van der Waals surface area contributed by atoms with Gasteiger partial charge >= 0.3 is 0 Å². The molecule has 3 unspecified atom stereocenters. The molecule has 0 bridgehead atoms. The average Bonchev–Trinajstić information content (AvgIpc) is 3.45. The fraction of sp³-hybridized carbons (Fsp3) is 0.627. The molecule has 0 radical (unpaired) electrons. The number of unbranched alkanes of at least 4 members (excludes halogenated alkanes) is 18. The van der Waals surface area contributed by atoms with Crippen LogP contribution in [0, 0.1) is 11.8 Å². The maximum absolute atomic E-state index is 14.3. The average molecular weight is 1050 g/mol. The summed E-state index contributed by atoms with van der Waals surface area (Å²) in [6, 6.07) is 38.9. The van der Waals surface area contributed by atoms with Gasteiger partial charge < -0.3 is 38.5 Å². The van der Waals surface area contributed by atoms with E-state index in [2.05, 4.69) is 101 Å². The number of hydrogen-bond donors (Lipinski definition) is 1. The summed E-state index contributed by atoms with van der Waals surface area (Å²) in [7, 11) is 0. The first-order chi connectivity index (χ1) is 37.3. The first kappa shape index (κ1) is 61.1. The normalized spacial score (nSPS) is 20.7. The van der Waals surface area contributed by atoms with Crippen LogP contribution in [0.25, 0.3) is 0 Å². The molecule has 4 aromatic carbocycles. The molecule has 0 saturated carbocycles. The Morgan fingerprint density at radius 2 is 1.13 bits per heavy atom. The third-order valence-electron chi connectivity index (χ3n) is 15.6. The Labute approximate surface area is 460 Å². The zero-order valence-corrected chi connectivity index (χ0v) is 47.6. The van der Waals surface area contributed by atoms with Crippen LogP contribution in [-0.2, 0) is 52.9 Å². The summed E-state index contributed by atoms with van der Waals surface area (Å²) >= 11 is 0. The van der Waals surface area contributed by atoms with Crippen LogP contribution in [0.2, 0.25) is 0 Å². The van der Waals surface area contributed by atoms with E-state index in [1.165, 1.54) is 102 Å². The van der Waals surface area contributed by atoms with Crippen molar-refractivity contribution < 1.29 is 38.0 Å². The van der Waals surface area contributed by atoms with E-state index in [1.807, 2.05) is 54.6 Å². The molecule has 2 aliphatic rings. The fourth-order valence-corrected chi connectivity index (χ4v) is 10.9. The van der Waals surface area contributed by atoms with Gasteiger partial charge in [-0.25, -0.2) is 0 Å². The molecule has 0 spiro atoms. The minimum absolute atomic E-state index is 0.0179. The number of amides is 1. The second-order valence-corrected chi connectivity index (χ2v) is 22.4. The maximum atomic E-state index is 14.3. The summed E-state index contributed by atoms with van der Waals surface area (Å²) in [6.07, 6.45) is 24.8. The van der Waals surface area contributed by atoms with Crippen molar-refractivity contribution in [2.45, 2.75) is 245 Å². The van der Waals surface area contributed by atoms with Gasteiger partial charge in [0.2, 0.25) is 5.91 Å². The summed E-state index contributed by atoms with van der Waals surface area (Å²) in [5.74, 6) is 1.11. The molecule has 4 aromatic rings. The highest BCUT2D eigenvalue weighted by molar-refractivity contribution is 5.76. The Hall–Kier alpha value is -4.09. The van der Waals surface area contributed by atoms with Crippen LogP contribution < -0.4 is 10.1 Å². The topological polar surface area (TPSA) is 93.7 Å². The standard InChI is InChI=1S/C67H99NO8/c1-6-7-8-9-10-11-12-13-14-18-21-33-42-61(70-48-56-36-27-23-28-37-56)65(71-49-57-38-29-24-30-39-57)60(50-72-66-54(5)53(4)64-62(75-66)51-73-67(76-64)58-40-31-25-32-41-58)68-63(69)43-34-22-19-16-15-17-20-26-35-55-44-46-59(47-45-55)74-52(2)3/h23-25,27-32,36-41,44-47,52-54,60-62,64-67H,6-22,26,33-35,42-43,48-51H2,1-5H3,(H,68,69)/t53-,54?,60+,61-,62?,64-,65+,66+,67?/m1/s1. The fourth-order valence-electron chi connectivity index (χ4n) is 10.9. The molecule has 2 saturated heterocycles. The Morgan fingerprint density at radius 1 is 0.592 bits per heavy atom. The highest BCUT2D eigenvalue weighted by Crippen LogP contribution is 2.40. The number of carbonyl (C=O) groups is 1. The zero-order valence-electron chi connectivity index (χ0n) is 47.6. The van der Waals surface area contributed by atoms with Gasteiger partial charge in [-0.3, -0.25) is 4.79 Å². The van der Waals surface area contributed by atoms with Crippen LogP contribution in [0.4, 0.5) is 0 Å². The van der Waals surface area contributed by atoms with Crippen molar-refractivity contribution in [2.75, 3.05) is 13.2 Å². The second-order valence-electron chi connectivity index (χ2n) is 22.4. The largest absolute Gasteiger partial charge is 0.491 e. The van der Waals surface area contributed by atoms with Crippen molar-refractivity contribution in [3.05, 3.63) is 138 Å². The van der Waals surface area contributed by atoms with E-state index in [0.717, 1.165) is 67.4 Å². The molecule has 1 amide bonds. The summed E-state index contributed by atoms with van der Waals surface area (Å²) in [5, 5.41) is 3.49. The molecule has 2 fully saturated rings. The van der Waals surface area contributed by atoms with Crippen LogP contribution in [0.1, 0.15) is 204 Å². The van der Waals surface area contributed by atoms with Crippen LogP contribution in [0.5, 0.6) is 5.75 Å². The summed E-state index contributed by atoms with van der Waals surface area (Å²) in [4.78, 5) is 14.3. The van der Waals surface area contributed by atoms with Gasteiger partial charge in [-0.05, 0) is 74.3 Å². The van der Waals surface area contributed by atoms with Crippen molar-refractivity contribution in [1.29, 1.82) is 0 Å². The van der Waals surface area contributed by atoms with Gasteiger partial charge in [-0.2, -0.15) is 0 Å². The van der Waals surface area contributed by atoms with E-state index in [0.29, 0.717) is 26.2 Å². The smallest absolute Gasteiger partial charge is 0.220 e. The number of benzene rings is 4. The van der Waals surface area contributed by atoms with Gasteiger partial charge in [-0.15, -0.1) is 0 Å². The van der Waals surface area contributed by atoms with Gasteiger partial charge in [0.15, 0.2) is 12.6 Å². The van der Waals surface area contributed by atoms with Gasteiger partial charge in [0, 0.05) is 17.9 Å². The predicted octanol–water partition coefficient (Wildman–Crippen LogP) is 16.4. The van der Waals surface area contributed by atoms with Crippen molar-refractivity contribution in [1.82, 2.24) is 5.32 Å². The summed E-state index contributed by atoms with van der Waals surface area (Å²) in [6.45, 7) is 12.3. The Bertz CT molecular complexity index is 2070. The molecule has 9 heteroatoms. The summed E-state index contributed by atoms with van der Waals surface area (Å²) < 4.78 is 46.4. The lowest BCUT2D eigenvalue weighted by Crippen LogP contribution is -2.57. The number of hydrogen-bond acceptors (Lipinski definition) is 8. The van der Waals surface area contributed by atoms with E-state index in [-0.39, 0.29) is 48.8 Å². The molecule has 420 valence electrons. The molecular formula is C67H99NO8. The number of carbonyl (C=O) groups excluding carboxylic acids is 1. The third-order valence-corrected chi connectivity index (χ3v) is 15.6. The number of fused-ring (bicyclic) bond motifs is 1. The minimum Gasteiger partial charge on any atom is -0.491 e. The molecule has 2 heterocycles. The van der Waals surface area contributed by atoms with E-state index in [1.54, 1.807) is 0 Å². The maximum Gasteiger partial charge on any atom is 0.220 e. The van der Waals surface area contributed by atoms with Crippen molar-refractivity contribution >= 4 is 5.91 Å². The molecule has 9 atom stereocenters. The highest BCUT2D eigenvalue weighted by Gasteiger charge is 2.47. The molecule has 6 rings (SSSR count). The molecule has 0 aromatic heterocycles. The molecule has 2 aliphatic heterocycles. The van der Waals surface area contributed by atoms with Gasteiger partial charge in [0.1, 0.15) is 18.0 Å². The van der Waals surface area contributed by atoms with Crippen molar-refractivity contribution in [2.24, 2.45) is 11.8 Å². The van der Waals surface area contributed by atoms with Crippen LogP contribution >= 0.6 is 0 Å². The monoisotopic (exact) mass is 1050 g/mol. The SMILES string of the molecule is CCCCCCCCCCCCCC[C@@H](OCc1ccccc1)[C@@H](OCc1ccccc1)[C@H](CO[C@H]1OC2COC(c3ccccc3)O[C@@H]2[C@H](C)C1C)NC(=O)CCCCCCCCCCc1ccc(OC(C)C)cc1. The lowest BCUT2D eigenvalue weighted by atomic mass is 9.84. The van der Waals surface area contributed by atoms with Gasteiger partial charge in [0.25, 0.3) is 0 Å². The van der Waals surface area contributed by atoms with Crippen LogP contribution in [-0.4, -0.2) is 62.0 Å². The Morgan fingerprint density at radius 3 is 1.72 bits per heavy atom. The molecule has 76 heavy (non-hydrogen) atoms. The third kappa shape index (κ3) is 22.7. The van der Waals surface area contributed by atoms with Gasteiger partial charge in [-0.1, -0.05) is 239 Å². The molecule has 9 nitrogen and oxygen atoms in total. The van der Waals surface area contributed by atoms with E-state index < -0.39 is 24.7 Å². The zero-order chi connectivity index (χ0) is 53.4. The quantitative estimate of drug-likeness (QED) is 0.0442. The molecule has 0 aliphatic carbocycles. The number of rotatable bonds is 39. The van der Waals surface area contributed by atoms with Crippen molar-refractivity contribution in [3.63, 3.8) is 0 Å². The van der Waals surface area contributed by atoms with Crippen LogP contribution in [0.15, 0.2) is 115 Å². The Balaban J connectivity index is 1.09. The number of aryl methyl sites for hydroxylation is 1. The first-order valence-corrected chi connectivity index (χ1v) is 30.2. The highest BCUT2D eigenvalue weighted by atomic mass is 16.7. The lowest BCUT2D eigenvalue weighted by Gasteiger charge is -2.48. The second kappa shape index (κ2) is 36.2. The van der Waals surface area contributed by atoms with Gasteiger partial charge in [0.05, 0.1) is 50.8 Å². The summed E-state index contributed by atoms with van der Waals surface area (Å²) in [5.41, 5.74) is 4.56. The van der Waals surface area contributed by atoms with E-state index in [9.17, 15) is 4.79 Å². The van der Waals surface area contributed by atoms with Crippen molar-refractivity contribution in [3.8, 4) is 5.75 Å². The lowest BCUT2D eigenvalue weighted by molar-refractivity contribution is -0.343. The van der Waals surface area contributed by atoms with E-state index >= 15 is 0 Å². The van der Waals surface area contributed by atoms with E-state index in [4.69, 9.17) is 33.2 Å². The molecular weight excluding hydrogens is 947 g/mol. The number of ether oxygens (including phenoxy) is 7. The minimum atomic E-state index is -0.526. The number of nitrogens with one attached hydrogen (secondary N) is 1.